The van der Waals surface area contributed by atoms with Gasteiger partial charge in [0.05, 0.1) is 35.5 Å². The summed E-state index contributed by atoms with van der Waals surface area (Å²) in [5.41, 5.74) is 4.32. The first-order valence-corrected chi connectivity index (χ1v) is 15.9. The van der Waals surface area contributed by atoms with E-state index < -0.39 is 11.7 Å². The Morgan fingerprint density at radius 1 is 1.00 bits per heavy atom. The van der Waals surface area contributed by atoms with Crippen LogP contribution < -0.4 is 5.32 Å². The first-order chi connectivity index (χ1) is 21.4. The van der Waals surface area contributed by atoms with E-state index in [1.807, 2.05) is 59.3 Å². The van der Waals surface area contributed by atoms with Crippen LogP contribution in [0.3, 0.4) is 0 Å². The van der Waals surface area contributed by atoms with E-state index in [1.165, 1.54) is 30.0 Å². The molecule has 2 aromatic heterocycles. The van der Waals surface area contributed by atoms with E-state index in [0.29, 0.717) is 23.9 Å². The number of thioether (sulfide) groups is 1. The molecule has 5 aromatic rings. The van der Waals surface area contributed by atoms with Crippen molar-refractivity contribution in [2.45, 2.75) is 37.6 Å². The number of benzene rings is 3. The third-order valence-electron chi connectivity index (χ3n) is 7.23. The Bertz CT molecular complexity index is 1790. The average Bonchev–Trinajstić information content (AvgIpc) is 3.80. The summed E-state index contributed by atoms with van der Waals surface area (Å²) < 4.78 is 15.5. The summed E-state index contributed by atoms with van der Waals surface area (Å²) in [4.78, 5) is 27.5. The summed E-state index contributed by atoms with van der Waals surface area (Å²) in [6, 6.07) is 27.4. The molecule has 2 amide bonds. The Kier molecular flexibility index (Phi) is 8.94. The Hall–Kier alpha value is -4.61. The highest BCUT2D eigenvalue weighted by atomic mass is 32.2. The lowest BCUT2D eigenvalue weighted by molar-refractivity contribution is -0.130. The molecule has 0 spiro atoms. The van der Waals surface area contributed by atoms with Gasteiger partial charge in [0.1, 0.15) is 5.82 Å². The molecule has 1 aliphatic rings. The molecule has 0 aliphatic carbocycles. The number of amides is 2. The van der Waals surface area contributed by atoms with Crippen LogP contribution in [0.15, 0.2) is 107 Å². The smallest absolute Gasteiger partial charge is 0.253 e. The van der Waals surface area contributed by atoms with Gasteiger partial charge in [0.15, 0.2) is 11.0 Å². The molecule has 11 heteroatoms. The number of carbonyl (C=O) groups excluding carboxylic acids is 2. The van der Waals surface area contributed by atoms with Crippen molar-refractivity contribution in [1.82, 2.24) is 25.1 Å². The molecule has 0 bridgehead atoms. The molecule has 3 heterocycles. The molecule has 8 nitrogen and oxygen atoms in total. The highest BCUT2D eigenvalue weighted by Gasteiger charge is 2.33. The molecular weight excluding hydrogens is 596 g/mol. The zero-order valence-electron chi connectivity index (χ0n) is 23.9. The maximum absolute atomic E-state index is 13.7. The molecule has 3 aromatic carbocycles. The minimum absolute atomic E-state index is 0.0831. The lowest BCUT2D eigenvalue weighted by atomic mass is 10.00. The van der Waals surface area contributed by atoms with Gasteiger partial charge in [-0.2, -0.15) is 5.10 Å². The Balaban J connectivity index is 1.21. The lowest BCUT2D eigenvalue weighted by Crippen LogP contribution is -2.28. The predicted octanol–water partition coefficient (Wildman–Crippen LogP) is 6.24. The van der Waals surface area contributed by atoms with Gasteiger partial charge in [0.2, 0.25) is 0 Å². The van der Waals surface area contributed by atoms with Crippen LogP contribution in [0, 0.1) is 12.7 Å². The second kappa shape index (κ2) is 13.4. The van der Waals surface area contributed by atoms with Crippen molar-refractivity contribution in [2.24, 2.45) is 5.10 Å². The van der Waals surface area contributed by atoms with Gasteiger partial charge in [0, 0.05) is 12.0 Å². The van der Waals surface area contributed by atoms with E-state index >= 15 is 0 Å². The van der Waals surface area contributed by atoms with Gasteiger partial charge < -0.3 is 9.88 Å². The highest BCUT2D eigenvalue weighted by molar-refractivity contribution is 7.99. The molecule has 0 saturated heterocycles. The molecule has 44 heavy (non-hydrogen) atoms. The van der Waals surface area contributed by atoms with E-state index in [1.54, 1.807) is 22.4 Å². The number of hydrogen-bond acceptors (Lipinski definition) is 7. The SMILES string of the molecule is Cc1ccc([C@H]2CC(c3cccs3)=NN2C(=O)CSc2nnc(CNC(=O)c3cccc(F)c3)n2Cc2ccccc2)cc1. The average molecular weight is 625 g/mol. The number of hydrazone groups is 1. The number of halogens is 1. The van der Waals surface area contributed by atoms with Crippen molar-refractivity contribution < 1.29 is 14.0 Å². The zero-order valence-corrected chi connectivity index (χ0v) is 25.5. The molecule has 6 rings (SSSR count). The number of nitrogens with zero attached hydrogens (tertiary/aromatic N) is 5. The molecule has 1 N–H and O–H groups in total. The predicted molar refractivity (Wildman–Crippen MR) is 170 cm³/mol. The molecule has 0 saturated carbocycles. The van der Waals surface area contributed by atoms with E-state index in [9.17, 15) is 14.0 Å². The summed E-state index contributed by atoms with van der Waals surface area (Å²) in [6.07, 6.45) is 0.638. The molecule has 0 unspecified atom stereocenters. The molecule has 0 radical (unpaired) electrons. The van der Waals surface area contributed by atoms with Crippen LogP contribution in [-0.2, 0) is 17.9 Å². The van der Waals surface area contributed by atoms with Crippen molar-refractivity contribution in [3.05, 3.63) is 135 Å². The van der Waals surface area contributed by atoms with E-state index in [-0.39, 0.29) is 29.8 Å². The monoisotopic (exact) mass is 624 g/mol. The Morgan fingerprint density at radius 2 is 1.82 bits per heavy atom. The van der Waals surface area contributed by atoms with E-state index in [0.717, 1.165) is 27.3 Å². The maximum atomic E-state index is 13.7. The number of thiophene rings is 1. The summed E-state index contributed by atoms with van der Waals surface area (Å²) in [6.45, 7) is 2.57. The Morgan fingerprint density at radius 3 is 2.57 bits per heavy atom. The summed E-state index contributed by atoms with van der Waals surface area (Å²) in [5, 5.41) is 20.5. The van der Waals surface area contributed by atoms with E-state index in [4.69, 9.17) is 5.10 Å². The van der Waals surface area contributed by atoms with Crippen molar-refractivity contribution in [3.8, 4) is 0 Å². The second-order valence-electron chi connectivity index (χ2n) is 10.3. The van der Waals surface area contributed by atoms with Gasteiger partial charge in [-0.25, -0.2) is 9.40 Å². The van der Waals surface area contributed by atoms with Crippen LogP contribution in [0.1, 0.15) is 50.2 Å². The van der Waals surface area contributed by atoms with Gasteiger partial charge in [-0.15, -0.1) is 21.5 Å². The minimum atomic E-state index is -0.484. The van der Waals surface area contributed by atoms with Gasteiger partial charge in [-0.05, 0) is 47.7 Å². The van der Waals surface area contributed by atoms with Crippen LogP contribution in [0.4, 0.5) is 4.39 Å². The minimum Gasteiger partial charge on any atom is -0.345 e. The summed E-state index contributed by atoms with van der Waals surface area (Å²) in [7, 11) is 0. The number of aromatic nitrogens is 3. The molecule has 1 atom stereocenters. The van der Waals surface area contributed by atoms with Gasteiger partial charge in [0.25, 0.3) is 11.8 Å². The largest absolute Gasteiger partial charge is 0.345 e. The fourth-order valence-electron chi connectivity index (χ4n) is 4.94. The zero-order chi connectivity index (χ0) is 30.5. The van der Waals surface area contributed by atoms with E-state index in [2.05, 4.69) is 39.8 Å². The van der Waals surface area contributed by atoms with Crippen LogP contribution in [0.25, 0.3) is 0 Å². The Labute approximate surface area is 262 Å². The topological polar surface area (TPSA) is 92.5 Å². The fourth-order valence-corrected chi connectivity index (χ4v) is 6.48. The highest BCUT2D eigenvalue weighted by Crippen LogP contribution is 2.35. The van der Waals surface area contributed by atoms with Crippen molar-refractivity contribution in [3.63, 3.8) is 0 Å². The lowest BCUT2D eigenvalue weighted by Gasteiger charge is -2.22. The van der Waals surface area contributed by atoms with Crippen LogP contribution in [-0.4, -0.2) is 43.1 Å². The second-order valence-corrected chi connectivity index (χ2v) is 12.2. The molecule has 1 aliphatic heterocycles. The summed E-state index contributed by atoms with van der Waals surface area (Å²) >= 11 is 2.89. The number of aryl methyl sites for hydroxylation is 1. The normalized spacial score (nSPS) is 14.5. The van der Waals surface area contributed by atoms with Crippen LogP contribution >= 0.6 is 23.1 Å². The maximum Gasteiger partial charge on any atom is 0.253 e. The number of hydrogen-bond donors (Lipinski definition) is 1. The van der Waals surface area contributed by atoms with Crippen molar-refractivity contribution in [2.75, 3.05) is 5.75 Å². The van der Waals surface area contributed by atoms with Gasteiger partial charge in [-0.1, -0.05) is 84.1 Å². The van der Waals surface area contributed by atoms with Crippen LogP contribution in [0.2, 0.25) is 0 Å². The first-order valence-electron chi connectivity index (χ1n) is 14.1. The van der Waals surface area contributed by atoms with Gasteiger partial charge >= 0.3 is 0 Å². The van der Waals surface area contributed by atoms with Crippen LogP contribution in [0.5, 0.6) is 0 Å². The molecule has 222 valence electrons. The summed E-state index contributed by atoms with van der Waals surface area (Å²) in [5.74, 6) is -0.416. The third kappa shape index (κ3) is 6.79. The quantitative estimate of drug-likeness (QED) is 0.186. The number of nitrogens with one attached hydrogen (secondary N) is 1. The third-order valence-corrected chi connectivity index (χ3v) is 9.10. The van der Waals surface area contributed by atoms with Crippen molar-refractivity contribution in [1.29, 1.82) is 0 Å². The molecule has 0 fully saturated rings. The molecular formula is C33H29FN6O2S2. The van der Waals surface area contributed by atoms with Crippen molar-refractivity contribution >= 4 is 40.6 Å². The fraction of sp³-hybridized carbons (Fsp3) is 0.182. The first kappa shape index (κ1) is 29.5. The number of rotatable bonds is 10. The standard InChI is InChI=1S/C33H29FN6O2S2/c1-22-12-14-24(15-13-22)28-18-27(29-11-6-16-43-29)38-40(28)31(41)21-44-33-37-36-30(39(33)20-23-7-3-2-4-8-23)19-35-32(42)25-9-5-10-26(34)17-25/h2-17,28H,18-21H2,1H3,(H,35,42)/t28-/m1/s1. The number of carbonyl (C=O) groups is 2. The van der Waals surface area contributed by atoms with Gasteiger partial charge in [-0.3, -0.25) is 9.59 Å².